The molecule has 1 rings (SSSR count). The van der Waals surface area contributed by atoms with Gasteiger partial charge >= 0.3 is 0 Å². The second kappa shape index (κ2) is 6.39. The number of hydrogen-bond acceptors (Lipinski definition) is 5. The molecule has 1 aromatic carbocycles. The second-order valence-electron chi connectivity index (χ2n) is 3.79. The molecule has 0 aliphatic heterocycles. The van der Waals surface area contributed by atoms with Crippen LogP contribution >= 0.6 is 0 Å². The third kappa shape index (κ3) is 4.42. The molecule has 0 radical (unpaired) electrons. The number of hydrogen-bond donors (Lipinski definition) is 3. The largest absolute Gasteiger partial charge is 0.495 e. The van der Waals surface area contributed by atoms with Crippen LogP contribution in [0.25, 0.3) is 0 Å². The molecule has 0 aromatic heterocycles. The number of sulfonamides is 1. The van der Waals surface area contributed by atoms with E-state index in [0.29, 0.717) is 5.69 Å². The zero-order valence-corrected chi connectivity index (χ0v) is 11.6. The van der Waals surface area contributed by atoms with Gasteiger partial charge in [0.05, 0.1) is 7.11 Å². The number of methoxy groups -OCH3 is 1. The van der Waals surface area contributed by atoms with Gasteiger partial charge < -0.3 is 15.8 Å². The summed E-state index contributed by atoms with van der Waals surface area (Å²) < 4.78 is 31.4. The maximum atomic E-state index is 12.0. The van der Waals surface area contributed by atoms with Crippen molar-refractivity contribution in [3.8, 4) is 5.75 Å². The Labute approximate surface area is 112 Å². The molecule has 0 unspecified atom stereocenters. The highest BCUT2D eigenvalue weighted by Crippen LogP contribution is 2.25. The molecule has 106 valence electrons. The highest BCUT2D eigenvalue weighted by atomic mass is 32.2. The minimum atomic E-state index is -3.70. The van der Waals surface area contributed by atoms with Gasteiger partial charge in [-0.05, 0) is 12.1 Å². The number of amides is 1. The molecule has 0 spiro atoms. The number of nitrogen functional groups attached to an aromatic ring is 1. The third-order valence-electron chi connectivity index (χ3n) is 2.27. The molecular weight excluding hydrogens is 270 g/mol. The predicted octanol–water partition coefficient (Wildman–Crippen LogP) is -0.308. The van der Waals surface area contributed by atoms with Crippen LogP contribution in [0, 0.1) is 0 Å². The van der Waals surface area contributed by atoms with Gasteiger partial charge in [0.1, 0.15) is 10.6 Å². The molecule has 0 aliphatic rings. The minimum Gasteiger partial charge on any atom is -0.495 e. The van der Waals surface area contributed by atoms with E-state index < -0.39 is 10.0 Å². The summed E-state index contributed by atoms with van der Waals surface area (Å²) in [7, 11) is -2.33. The van der Waals surface area contributed by atoms with Crippen LogP contribution in [0.15, 0.2) is 23.1 Å². The van der Waals surface area contributed by atoms with Crippen molar-refractivity contribution in [2.75, 3.05) is 25.9 Å². The zero-order chi connectivity index (χ0) is 14.5. The van der Waals surface area contributed by atoms with Crippen LogP contribution in [0.4, 0.5) is 5.69 Å². The van der Waals surface area contributed by atoms with E-state index in [1.54, 1.807) is 0 Å². The van der Waals surface area contributed by atoms with Crippen LogP contribution in [-0.4, -0.2) is 34.5 Å². The van der Waals surface area contributed by atoms with Crippen molar-refractivity contribution in [1.82, 2.24) is 10.0 Å². The zero-order valence-electron chi connectivity index (χ0n) is 10.8. The van der Waals surface area contributed by atoms with Gasteiger partial charge in [-0.2, -0.15) is 0 Å². The number of anilines is 1. The number of carbonyl (C=O) groups excluding carboxylic acids is 1. The number of carbonyl (C=O) groups is 1. The second-order valence-corrected chi connectivity index (χ2v) is 5.53. The molecule has 7 nitrogen and oxygen atoms in total. The van der Waals surface area contributed by atoms with E-state index in [0.717, 1.165) is 0 Å². The molecule has 1 amide bonds. The molecule has 1 aromatic rings. The van der Waals surface area contributed by atoms with Crippen LogP contribution in [-0.2, 0) is 14.8 Å². The number of benzene rings is 1. The topological polar surface area (TPSA) is 111 Å². The Morgan fingerprint density at radius 3 is 2.63 bits per heavy atom. The molecule has 0 saturated carbocycles. The summed E-state index contributed by atoms with van der Waals surface area (Å²) >= 11 is 0. The number of ether oxygens (including phenoxy) is 1. The van der Waals surface area contributed by atoms with Crippen LogP contribution < -0.4 is 20.5 Å². The summed E-state index contributed by atoms with van der Waals surface area (Å²) in [6.07, 6.45) is 0. The molecule has 0 fully saturated rings. The summed E-state index contributed by atoms with van der Waals surface area (Å²) in [6, 6.07) is 4.28. The summed E-state index contributed by atoms with van der Waals surface area (Å²) in [5.74, 6) is -0.0451. The maximum Gasteiger partial charge on any atom is 0.244 e. The van der Waals surface area contributed by atoms with Gasteiger partial charge in [0, 0.05) is 31.8 Å². The lowest BCUT2D eigenvalue weighted by atomic mass is 10.3. The lowest BCUT2D eigenvalue weighted by Crippen LogP contribution is -2.33. The number of rotatable bonds is 6. The van der Waals surface area contributed by atoms with Gasteiger partial charge in [-0.15, -0.1) is 0 Å². The third-order valence-corrected chi connectivity index (χ3v) is 3.77. The minimum absolute atomic E-state index is 0.00650. The highest BCUT2D eigenvalue weighted by Gasteiger charge is 2.18. The van der Waals surface area contributed by atoms with Crippen LogP contribution in [0.2, 0.25) is 0 Å². The van der Waals surface area contributed by atoms with Gasteiger partial charge in [-0.1, -0.05) is 0 Å². The molecule has 0 saturated heterocycles. The maximum absolute atomic E-state index is 12.0. The normalized spacial score (nSPS) is 11.1. The van der Waals surface area contributed by atoms with Crippen LogP contribution in [0.1, 0.15) is 6.92 Å². The van der Waals surface area contributed by atoms with Gasteiger partial charge in [0.2, 0.25) is 15.9 Å². The fraction of sp³-hybridized carbons (Fsp3) is 0.364. The van der Waals surface area contributed by atoms with E-state index in [1.807, 2.05) is 0 Å². The highest BCUT2D eigenvalue weighted by molar-refractivity contribution is 7.89. The lowest BCUT2D eigenvalue weighted by molar-refractivity contribution is -0.118. The first-order valence-electron chi connectivity index (χ1n) is 5.54. The van der Waals surface area contributed by atoms with E-state index >= 15 is 0 Å². The van der Waals surface area contributed by atoms with E-state index in [9.17, 15) is 13.2 Å². The molecule has 0 bridgehead atoms. The first-order chi connectivity index (χ1) is 8.86. The van der Waals surface area contributed by atoms with Crippen molar-refractivity contribution in [2.45, 2.75) is 11.8 Å². The first-order valence-corrected chi connectivity index (χ1v) is 7.03. The summed E-state index contributed by atoms with van der Waals surface area (Å²) in [4.78, 5) is 10.7. The molecular formula is C11H17N3O4S. The molecule has 19 heavy (non-hydrogen) atoms. The van der Waals surface area contributed by atoms with Crippen molar-refractivity contribution >= 4 is 21.6 Å². The SMILES string of the molecule is COc1cc(N)ccc1S(=O)(=O)NCCNC(C)=O. The van der Waals surface area contributed by atoms with Gasteiger partial charge in [-0.25, -0.2) is 13.1 Å². The van der Waals surface area contributed by atoms with Crippen molar-refractivity contribution in [1.29, 1.82) is 0 Å². The summed E-state index contributed by atoms with van der Waals surface area (Å²) in [6.45, 7) is 1.67. The quantitative estimate of drug-likeness (QED) is 0.491. The molecule has 4 N–H and O–H groups in total. The monoisotopic (exact) mass is 287 g/mol. The Balaban J connectivity index is 2.80. The predicted molar refractivity (Wildman–Crippen MR) is 71.3 cm³/mol. The van der Waals surface area contributed by atoms with Crippen LogP contribution in [0.3, 0.4) is 0 Å². The Kier molecular flexibility index (Phi) is 5.13. The Bertz CT molecular complexity index is 557. The summed E-state index contributed by atoms with van der Waals surface area (Å²) in [5, 5.41) is 2.49. The Morgan fingerprint density at radius 1 is 1.37 bits per heavy atom. The molecule has 0 heterocycles. The van der Waals surface area contributed by atoms with Crippen molar-refractivity contribution in [3.05, 3.63) is 18.2 Å². The van der Waals surface area contributed by atoms with Crippen molar-refractivity contribution < 1.29 is 17.9 Å². The van der Waals surface area contributed by atoms with E-state index in [4.69, 9.17) is 10.5 Å². The standard InChI is InChI=1S/C11H17N3O4S/c1-8(15)13-5-6-14-19(16,17)11-4-3-9(12)7-10(11)18-2/h3-4,7,14H,5-6,12H2,1-2H3,(H,13,15). The fourth-order valence-electron chi connectivity index (χ4n) is 1.41. The number of nitrogens with one attached hydrogen (secondary N) is 2. The molecule has 0 atom stereocenters. The smallest absolute Gasteiger partial charge is 0.244 e. The van der Waals surface area contributed by atoms with E-state index in [-0.39, 0.29) is 29.6 Å². The molecule has 8 heteroatoms. The van der Waals surface area contributed by atoms with Crippen LogP contribution in [0.5, 0.6) is 5.75 Å². The van der Waals surface area contributed by atoms with E-state index in [2.05, 4.69) is 10.0 Å². The van der Waals surface area contributed by atoms with Gasteiger partial charge in [0.25, 0.3) is 0 Å². The molecule has 0 aliphatic carbocycles. The summed E-state index contributed by atoms with van der Waals surface area (Å²) in [5.41, 5.74) is 5.97. The average molecular weight is 287 g/mol. The number of nitrogens with two attached hydrogens (primary N) is 1. The van der Waals surface area contributed by atoms with Gasteiger partial charge in [-0.3, -0.25) is 4.79 Å². The fourth-order valence-corrected chi connectivity index (χ4v) is 2.59. The average Bonchev–Trinajstić information content (AvgIpc) is 2.34. The Hall–Kier alpha value is -1.80. The van der Waals surface area contributed by atoms with Crippen molar-refractivity contribution in [2.24, 2.45) is 0 Å². The Morgan fingerprint density at radius 2 is 2.05 bits per heavy atom. The first kappa shape index (κ1) is 15.3. The lowest BCUT2D eigenvalue weighted by Gasteiger charge is -2.11. The van der Waals surface area contributed by atoms with Crippen molar-refractivity contribution in [3.63, 3.8) is 0 Å². The van der Waals surface area contributed by atoms with Gasteiger partial charge in [0.15, 0.2) is 0 Å². The van der Waals surface area contributed by atoms with E-state index in [1.165, 1.54) is 32.2 Å².